The molecule has 0 aliphatic carbocycles. The lowest BCUT2D eigenvalue weighted by Gasteiger charge is -2.48. The lowest BCUT2D eigenvalue weighted by Crippen LogP contribution is -2.57. The predicted molar refractivity (Wildman–Crippen MR) is 101 cm³/mol. The van der Waals surface area contributed by atoms with Gasteiger partial charge in [0.15, 0.2) is 5.41 Å². The Labute approximate surface area is 172 Å². The van der Waals surface area contributed by atoms with E-state index in [1.54, 1.807) is 43.3 Å². The quantitative estimate of drug-likeness (QED) is 0.811. The fourth-order valence-corrected chi connectivity index (χ4v) is 4.51. The summed E-state index contributed by atoms with van der Waals surface area (Å²) < 4.78 is 12.2. The molecule has 4 unspecified atom stereocenters. The van der Waals surface area contributed by atoms with Crippen LogP contribution in [0.3, 0.4) is 0 Å². The molecular formula is C21H14ClN5O2. The molecule has 2 saturated heterocycles. The highest BCUT2D eigenvalue weighted by molar-refractivity contribution is 6.30. The molecule has 1 aromatic carbocycles. The first-order chi connectivity index (χ1) is 13.9. The van der Waals surface area contributed by atoms with Gasteiger partial charge >= 0.3 is 0 Å². The molecule has 4 rings (SSSR count). The predicted octanol–water partition coefficient (Wildman–Crippen LogP) is 3.85. The standard InChI is InChI=1S/C21H14ClN5O2/c1-13-20(12-25)18(26)29-21(13,15-2-4-16(22)5-3-15)28-17(19(20,10-23)11-24)14-6-8-27-9-7-14/h2-9,13,17,26H,1H3. The number of ether oxygens (including phenoxy) is 2. The van der Waals surface area contributed by atoms with Crippen LogP contribution < -0.4 is 0 Å². The highest BCUT2D eigenvalue weighted by Gasteiger charge is 2.79. The summed E-state index contributed by atoms with van der Waals surface area (Å²) in [7, 11) is 0. The van der Waals surface area contributed by atoms with Gasteiger partial charge in [0.2, 0.25) is 17.1 Å². The van der Waals surface area contributed by atoms with Crippen LogP contribution in [-0.4, -0.2) is 10.9 Å². The van der Waals surface area contributed by atoms with Crippen molar-refractivity contribution >= 4 is 17.5 Å². The smallest absolute Gasteiger partial charge is 0.244 e. The van der Waals surface area contributed by atoms with E-state index in [2.05, 4.69) is 11.1 Å². The fourth-order valence-electron chi connectivity index (χ4n) is 4.39. The minimum absolute atomic E-state index is 0.456. The number of aromatic nitrogens is 1. The topological polar surface area (TPSA) is 127 Å². The van der Waals surface area contributed by atoms with Gasteiger partial charge in [0.1, 0.15) is 6.10 Å². The zero-order valence-electron chi connectivity index (χ0n) is 15.3. The first-order valence-corrected chi connectivity index (χ1v) is 9.15. The summed E-state index contributed by atoms with van der Waals surface area (Å²) in [6.45, 7) is 1.66. The molecule has 7 nitrogen and oxygen atoms in total. The van der Waals surface area contributed by atoms with E-state index in [1.165, 1.54) is 12.4 Å². The van der Waals surface area contributed by atoms with Crippen molar-refractivity contribution in [3.8, 4) is 18.2 Å². The Morgan fingerprint density at radius 1 is 1.03 bits per heavy atom. The summed E-state index contributed by atoms with van der Waals surface area (Å²) in [5.41, 5.74) is -2.79. The van der Waals surface area contributed by atoms with Crippen molar-refractivity contribution in [2.75, 3.05) is 0 Å². The van der Waals surface area contributed by atoms with Crippen LogP contribution >= 0.6 is 11.6 Å². The molecule has 0 amide bonds. The average Bonchev–Trinajstić information content (AvgIpc) is 2.91. The van der Waals surface area contributed by atoms with Crippen molar-refractivity contribution in [2.24, 2.45) is 16.7 Å². The molecule has 0 spiro atoms. The third kappa shape index (κ3) is 2.13. The molecule has 8 heteroatoms. The molecule has 0 saturated carbocycles. The van der Waals surface area contributed by atoms with Gasteiger partial charge in [-0.1, -0.05) is 30.7 Å². The number of pyridine rings is 1. The summed E-state index contributed by atoms with van der Waals surface area (Å²) in [6.07, 6.45) is 1.88. The maximum atomic E-state index is 10.2. The number of hydrogen-bond donors (Lipinski definition) is 1. The Kier molecular flexibility index (Phi) is 4.10. The fraction of sp³-hybridized carbons (Fsp3) is 0.286. The number of nitriles is 3. The Morgan fingerprint density at radius 2 is 1.66 bits per heavy atom. The Bertz CT molecular complexity index is 1100. The first-order valence-electron chi connectivity index (χ1n) is 8.77. The van der Waals surface area contributed by atoms with Crippen LogP contribution in [0.2, 0.25) is 5.02 Å². The second kappa shape index (κ2) is 6.29. The molecule has 2 aliphatic rings. The van der Waals surface area contributed by atoms with E-state index in [9.17, 15) is 15.8 Å². The maximum Gasteiger partial charge on any atom is 0.244 e. The van der Waals surface area contributed by atoms with Crippen molar-refractivity contribution in [2.45, 2.75) is 18.8 Å². The molecular weight excluding hydrogens is 390 g/mol. The molecule has 142 valence electrons. The Morgan fingerprint density at radius 3 is 2.21 bits per heavy atom. The van der Waals surface area contributed by atoms with Crippen LogP contribution in [0, 0.1) is 56.2 Å². The Balaban J connectivity index is 2.04. The van der Waals surface area contributed by atoms with Crippen LogP contribution in [0.1, 0.15) is 24.2 Å². The van der Waals surface area contributed by atoms with Crippen molar-refractivity contribution in [3.63, 3.8) is 0 Å². The molecule has 1 aromatic heterocycles. The molecule has 29 heavy (non-hydrogen) atoms. The Hall–Kier alpha value is -3.44. The normalized spacial score (nSPS) is 31.8. The van der Waals surface area contributed by atoms with E-state index in [1.807, 2.05) is 12.1 Å². The second-order valence-corrected chi connectivity index (χ2v) is 7.49. The van der Waals surface area contributed by atoms with Crippen molar-refractivity contribution in [3.05, 3.63) is 64.9 Å². The number of rotatable bonds is 2. The van der Waals surface area contributed by atoms with Gasteiger partial charge < -0.3 is 9.47 Å². The molecule has 2 aliphatic heterocycles. The van der Waals surface area contributed by atoms with Crippen LogP contribution in [0.5, 0.6) is 0 Å². The molecule has 2 fully saturated rings. The second-order valence-electron chi connectivity index (χ2n) is 7.06. The first kappa shape index (κ1) is 18.9. The van der Waals surface area contributed by atoms with Gasteiger partial charge in [-0.05, 0) is 29.8 Å². The lowest BCUT2D eigenvalue weighted by molar-refractivity contribution is -0.288. The number of nitrogens with zero attached hydrogens (tertiary/aromatic N) is 4. The summed E-state index contributed by atoms with van der Waals surface area (Å²) in [4.78, 5) is 3.97. The monoisotopic (exact) mass is 403 g/mol. The summed E-state index contributed by atoms with van der Waals surface area (Å²) in [5.74, 6) is -2.80. The van der Waals surface area contributed by atoms with Crippen molar-refractivity contribution in [1.82, 2.24) is 4.98 Å². The van der Waals surface area contributed by atoms with E-state index in [4.69, 9.17) is 26.5 Å². The number of fused-ring (bicyclic) bond motifs is 2. The maximum absolute atomic E-state index is 10.2. The zero-order valence-corrected chi connectivity index (χ0v) is 16.0. The van der Waals surface area contributed by atoms with Crippen LogP contribution in [0.25, 0.3) is 0 Å². The number of benzene rings is 1. The summed E-state index contributed by atoms with van der Waals surface area (Å²) in [6, 6.07) is 16.0. The summed E-state index contributed by atoms with van der Waals surface area (Å²) in [5, 5.41) is 39.5. The van der Waals surface area contributed by atoms with Gasteiger partial charge in [-0.2, -0.15) is 15.8 Å². The van der Waals surface area contributed by atoms with Crippen LogP contribution in [0.4, 0.5) is 0 Å². The van der Waals surface area contributed by atoms with E-state index in [0.717, 1.165) is 0 Å². The van der Waals surface area contributed by atoms with Gasteiger partial charge in [-0.3, -0.25) is 10.4 Å². The minimum atomic E-state index is -1.99. The number of nitrogens with one attached hydrogen (secondary N) is 1. The lowest BCUT2D eigenvalue weighted by atomic mass is 9.53. The van der Waals surface area contributed by atoms with E-state index in [-0.39, 0.29) is 0 Å². The van der Waals surface area contributed by atoms with E-state index in [0.29, 0.717) is 16.1 Å². The molecule has 2 bridgehead atoms. The summed E-state index contributed by atoms with van der Waals surface area (Å²) >= 11 is 6.01. The van der Waals surface area contributed by atoms with Gasteiger partial charge in [0.05, 0.1) is 24.1 Å². The minimum Gasteiger partial charge on any atom is -0.443 e. The third-order valence-electron chi connectivity index (χ3n) is 5.92. The molecule has 2 aromatic rings. The van der Waals surface area contributed by atoms with Gasteiger partial charge in [0, 0.05) is 23.0 Å². The van der Waals surface area contributed by atoms with Crippen LogP contribution in [0.15, 0.2) is 48.8 Å². The molecule has 4 atom stereocenters. The third-order valence-corrected chi connectivity index (χ3v) is 6.18. The van der Waals surface area contributed by atoms with Crippen molar-refractivity contribution < 1.29 is 9.47 Å². The highest BCUT2D eigenvalue weighted by Crippen LogP contribution is 2.68. The number of hydrogen-bond acceptors (Lipinski definition) is 7. The van der Waals surface area contributed by atoms with Gasteiger partial charge in [-0.25, -0.2) is 0 Å². The average molecular weight is 404 g/mol. The van der Waals surface area contributed by atoms with Crippen molar-refractivity contribution in [1.29, 1.82) is 21.2 Å². The highest BCUT2D eigenvalue weighted by atomic mass is 35.5. The molecule has 3 heterocycles. The zero-order chi connectivity index (χ0) is 20.9. The SMILES string of the molecule is CC1C2(c3ccc(Cl)cc3)OC(=N)C1(C#N)C(C#N)(C#N)C(c1ccncc1)O2. The largest absolute Gasteiger partial charge is 0.443 e. The molecule has 0 radical (unpaired) electrons. The molecule has 1 N–H and O–H groups in total. The van der Waals surface area contributed by atoms with E-state index >= 15 is 0 Å². The van der Waals surface area contributed by atoms with Gasteiger partial charge in [-0.15, -0.1) is 0 Å². The van der Waals surface area contributed by atoms with Gasteiger partial charge in [0.25, 0.3) is 0 Å². The number of halogens is 1. The van der Waals surface area contributed by atoms with E-state index < -0.39 is 34.5 Å². The van der Waals surface area contributed by atoms with Crippen LogP contribution in [-0.2, 0) is 15.3 Å².